The number of ether oxygens (including phenoxy) is 1. The number of morpholine rings is 1. The van der Waals surface area contributed by atoms with Gasteiger partial charge in [-0.3, -0.25) is 10.1 Å². The van der Waals surface area contributed by atoms with Crippen molar-refractivity contribution in [2.75, 3.05) is 31.6 Å². The van der Waals surface area contributed by atoms with Crippen molar-refractivity contribution in [1.82, 2.24) is 5.32 Å². The summed E-state index contributed by atoms with van der Waals surface area (Å²) in [6.45, 7) is 2.09. The third-order valence-electron chi connectivity index (χ3n) is 2.75. The van der Waals surface area contributed by atoms with Gasteiger partial charge in [0.05, 0.1) is 29.8 Å². The number of benzene rings is 1. The average Bonchev–Trinajstić information content (AvgIpc) is 2.38. The van der Waals surface area contributed by atoms with E-state index >= 15 is 0 Å². The molecule has 0 aliphatic carbocycles. The van der Waals surface area contributed by atoms with Crippen molar-refractivity contribution in [1.29, 1.82) is 0 Å². The lowest BCUT2D eigenvalue weighted by molar-refractivity contribution is -0.385. The van der Waals surface area contributed by atoms with Crippen LogP contribution >= 0.6 is 0 Å². The second kappa shape index (κ2) is 5.89. The minimum atomic E-state index is -0.990. The maximum atomic E-state index is 13.6. The summed E-state index contributed by atoms with van der Waals surface area (Å²) >= 11 is 0. The molecule has 0 saturated carbocycles. The van der Waals surface area contributed by atoms with Crippen LogP contribution in [0.25, 0.3) is 0 Å². The van der Waals surface area contributed by atoms with E-state index in [1.165, 1.54) is 0 Å². The first-order valence-corrected chi connectivity index (χ1v) is 5.77. The molecule has 2 rings (SSSR count). The van der Waals surface area contributed by atoms with Crippen LogP contribution in [-0.2, 0) is 4.74 Å². The van der Waals surface area contributed by atoms with E-state index in [9.17, 15) is 18.9 Å². The molecular formula is C11H13F2N3O3. The first-order valence-electron chi connectivity index (χ1n) is 5.77. The van der Waals surface area contributed by atoms with E-state index in [1.807, 2.05) is 0 Å². The van der Waals surface area contributed by atoms with E-state index in [-0.39, 0.29) is 18.3 Å². The number of nitrogens with zero attached hydrogens (tertiary/aromatic N) is 1. The minimum absolute atomic E-state index is 0.192. The normalized spacial score (nSPS) is 19.2. The van der Waals surface area contributed by atoms with Gasteiger partial charge < -0.3 is 15.4 Å². The summed E-state index contributed by atoms with van der Waals surface area (Å²) in [6.07, 6.45) is -0.192. The lowest BCUT2D eigenvalue weighted by atomic mass is 10.2. The number of nitro groups is 1. The number of nitrogens with one attached hydrogen (secondary N) is 2. The number of anilines is 1. The Morgan fingerprint density at radius 3 is 2.68 bits per heavy atom. The molecule has 1 unspecified atom stereocenters. The van der Waals surface area contributed by atoms with Crippen LogP contribution < -0.4 is 10.6 Å². The molecule has 1 saturated heterocycles. The van der Waals surface area contributed by atoms with Crippen LogP contribution in [0.2, 0.25) is 0 Å². The summed E-state index contributed by atoms with van der Waals surface area (Å²) in [5.74, 6) is -1.98. The van der Waals surface area contributed by atoms with Gasteiger partial charge in [0.15, 0.2) is 11.6 Å². The van der Waals surface area contributed by atoms with Gasteiger partial charge in [-0.2, -0.15) is 0 Å². The van der Waals surface area contributed by atoms with Crippen LogP contribution in [0.15, 0.2) is 12.1 Å². The molecule has 104 valence electrons. The quantitative estimate of drug-likeness (QED) is 0.638. The van der Waals surface area contributed by atoms with Gasteiger partial charge in [-0.25, -0.2) is 8.78 Å². The molecule has 0 aromatic heterocycles. The lowest BCUT2D eigenvalue weighted by Crippen LogP contribution is -2.42. The van der Waals surface area contributed by atoms with Gasteiger partial charge >= 0.3 is 0 Å². The molecule has 19 heavy (non-hydrogen) atoms. The number of hydrogen-bond donors (Lipinski definition) is 2. The molecule has 2 N–H and O–H groups in total. The molecule has 8 heteroatoms. The van der Waals surface area contributed by atoms with Gasteiger partial charge in [0.2, 0.25) is 0 Å². The predicted octanol–water partition coefficient (Wildman–Crippen LogP) is 1.27. The molecule has 1 aliphatic heterocycles. The molecule has 6 nitrogen and oxygen atoms in total. The maximum absolute atomic E-state index is 13.6. The Morgan fingerprint density at radius 2 is 2.16 bits per heavy atom. The smallest absolute Gasteiger partial charge is 0.275 e. The van der Waals surface area contributed by atoms with Crippen molar-refractivity contribution in [3.8, 4) is 0 Å². The third kappa shape index (κ3) is 3.36. The molecule has 1 aliphatic rings. The summed E-state index contributed by atoms with van der Waals surface area (Å²) in [7, 11) is 0. The number of non-ortho nitro benzene ring substituents is 1. The van der Waals surface area contributed by atoms with E-state index in [4.69, 9.17) is 4.74 Å². The van der Waals surface area contributed by atoms with Crippen LogP contribution in [0.1, 0.15) is 0 Å². The number of nitro benzene ring substituents is 1. The Hall–Kier alpha value is -1.80. The summed E-state index contributed by atoms with van der Waals surface area (Å²) in [5.41, 5.74) is -0.990. The second-order valence-corrected chi connectivity index (χ2v) is 4.12. The van der Waals surface area contributed by atoms with E-state index in [0.29, 0.717) is 25.3 Å². The molecule has 0 radical (unpaired) electrons. The SMILES string of the molecule is O=[N+]([O-])c1cc(F)c(NCC2CNCCO2)c(F)c1. The highest BCUT2D eigenvalue weighted by atomic mass is 19.1. The Morgan fingerprint density at radius 1 is 1.47 bits per heavy atom. The monoisotopic (exact) mass is 273 g/mol. The summed E-state index contributed by atoms with van der Waals surface area (Å²) in [6, 6.07) is 1.37. The third-order valence-corrected chi connectivity index (χ3v) is 2.75. The fourth-order valence-corrected chi connectivity index (χ4v) is 1.80. The molecule has 1 aromatic carbocycles. The number of rotatable bonds is 4. The van der Waals surface area contributed by atoms with E-state index in [2.05, 4.69) is 10.6 Å². The Bertz CT molecular complexity index is 455. The molecule has 0 amide bonds. The zero-order valence-corrected chi connectivity index (χ0v) is 9.99. The first-order chi connectivity index (χ1) is 9.08. The van der Waals surface area contributed by atoms with Gasteiger partial charge in [-0.05, 0) is 0 Å². The van der Waals surface area contributed by atoms with Crippen molar-refractivity contribution in [3.63, 3.8) is 0 Å². The van der Waals surface area contributed by atoms with Crippen molar-refractivity contribution in [3.05, 3.63) is 33.9 Å². The van der Waals surface area contributed by atoms with Crippen LogP contribution in [0.3, 0.4) is 0 Å². The van der Waals surface area contributed by atoms with Gasteiger partial charge in [0, 0.05) is 19.6 Å². The molecule has 1 heterocycles. The van der Waals surface area contributed by atoms with Gasteiger partial charge in [0.1, 0.15) is 5.69 Å². The fraction of sp³-hybridized carbons (Fsp3) is 0.455. The van der Waals surface area contributed by atoms with E-state index < -0.39 is 22.2 Å². The fourth-order valence-electron chi connectivity index (χ4n) is 1.80. The standard InChI is InChI=1S/C11H13F2N3O3/c12-9-3-7(16(17)18)4-10(13)11(9)15-6-8-5-14-1-2-19-8/h3-4,8,14-15H,1-2,5-6H2. The molecule has 1 aromatic rings. The molecular weight excluding hydrogens is 260 g/mol. The van der Waals surface area contributed by atoms with Crippen molar-refractivity contribution < 1.29 is 18.4 Å². The molecule has 1 fully saturated rings. The van der Waals surface area contributed by atoms with E-state index in [0.717, 1.165) is 6.54 Å². The Labute approximate surface area is 107 Å². The minimum Gasteiger partial charge on any atom is -0.378 e. The number of hydrogen-bond acceptors (Lipinski definition) is 5. The highest BCUT2D eigenvalue weighted by molar-refractivity contribution is 5.51. The Balaban J connectivity index is 2.05. The highest BCUT2D eigenvalue weighted by Gasteiger charge is 2.19. The van der Waals surface area contributed by atoms with Crippen molar-refractivity contribution >= 4 is 11.4 Å². The van der Waals surface area contributed by atoms with Crippen LogP contribution in [-0.4, -0.2) is 37.3 Å². The second-order valence-electron chi connectivity index (χ2n) is 4.12. The van der Waals surface area contributed by atoms with E-state index in [1.54, 1.807) is 0 Å². The van der Waals surface area contributed by atoms with Crippen molar-refractivity contribution in [2.45, 2.75) is 6.10 Å². The number of halogens is 2. The van der Waals surface area contributed by atoms with Crippen molar-refractivity contribution in [2.24, 2.45) is 0 Å². The Kier molecular flexibility index (Phi) is 4.23. The summed E-state index contributed by atoms with van der Waals surface area (Å²) in [4.78, 5) is 9.60. The molecule has 0 bridgehead atoms. The summed E-state index contributed by atoms with van der Waals surface area (Å²) in [5, 5.41) is 16.1. The first kappa shape index (κ1) is 13.6. The maximum Gasteiger partial charge on any atom is 0.275 e. The predicted molar refractivity (Wildman–Crippen MR) is 64.1 cm³/mol. The zero-order valence-electron chi connectivity index (χ0n) is 9.99. The van der Waals surface area contributed by atoms with Crippen LogP contribution in [0.4, 0.5) is 20.2 Å². The largest absolute Gasteiger partial charge is 0.378 e. The zero-order chi connectivity index (χ0) is 13.8. The summed E-state index contributed by atoms with van der Waals surface area (Å²) < 4.78 is 32.5. The average molecular weight is 273 g/mol. The van der Waals surface area contributed by atoms with Crippen LogP contribution in [0.5, 0.6) is 0 Å². The topological polar surface area (TPSA) is 76.4 Å². The van der Waals surface area contributed by atoms with Crippen LogP contribution in [0, 0.1) is 21.7 Å². The van der Waals surface area contributed by atoms with Gasteiger partial charge in [-0.15, -0.1) is 0 Å². The highest BCUT2D eigenvalue weighted by Crippen LogP contribution is 2.24. The molecule has 1 atom stereocenters. The lowest BCUT2D eigenvalue weighted by Gasteiger charge is -2.24. The molecule has 0 spiro atoms. The van der Waals surface area contributed by atoms with Gasteiger partial charge in [-0.1, -0.05) is 0 Å². The van der Waals surface area contributed by atoms with Gasteiger partial charge in [0.25, 0.3) is 5.69 Å².